The quantitative estimate of drug-likeness (QED) is 0.694. The maximum atomic E-state index is 11.9. The Labute approximate surface area is 91.5 Å². The third-order valence-corrected chi connectivity index (χ3v) is 3.19. The van der Waals surface area contributed by atoms with Crippen LogP contribution in [0.2, 0.25) is 0 Å². The van der Waals surface area contributed by atoms with Gasteiger partial charge in [-0.05, 0) is 32.2 Å². The van der Waals surface area contributed by atoms with E-state index in [1.165, 1.54) is 24.8 Å². The molecule has 0 spiro atoms. The third kappa shape index (κ3) is 3.06. The largest absolute Gasteiger partial charge is 0.342 e. The lowest BCUT2D eigenvalue weighted by Crippen LogP contribution is -2.36. The molecule has 3 nitrogen and oxygen atoms in total. The van der Waals surface area contributed by atoms with Gasteiger partial charge in [0, 0.05) is 26.1 Å². The molecule has 0 aromatic heterocycles. The molecule has 0 atom stereocenters. The van der Waals surface area contributed by atoms with Crippen molar-refractivity contribution in [2.45, 2.75) is 32.1 Å². The van der Waals surface area contributed by atoms with E-state index in [9.17, 15) is 4.79 Å². The van der Waals surface area contributed by atoms with Crippen molar-refractivity contribution < 1.29 is 4.79 Å². The average Bonchev–Trinajstić information content (AvgIpc) is 2.31. The molecule has 1 fully saturated rings. The minimum absolute atomic E-state index is 0.324. The number of hydrogen-bond donors (Lipinski definition) is 1. The lowest BCUT2D eigenvalue weighted by molar-refractivity contribution is -0.131. The van der Waals surface area contributed by atoms with E-state index in [4.69, 9.17) is 0 Å². The summed E-state index contributed by atoms with van der Waals surface area (Å²) in [6, 6.07) is 0. The second-order valence-corrected chi connectivity index (χ2v) is 4.45. The van der Waals surface area contributed by atoms with Crippen molar-refractivity contribution in [1.82, 2.24) is 10.2 Å². The number of carbonyl (C=O) groups is 1. The molecule has 84 valence electrons. The van der Waals surface area contributed by atoms with Gasteiger partial charge in [0.15, 0.2) is 0 Å². The van der Waals surface area contributed by atoms with Gasteiger partial charge in [-0.3, -0.25) is 4.79 Å². The van der Waals surface area contributed by atoms with Gasteiger partial charge in [-0.15, -0.1) is 0 Å². The van der Waals surface area contributed by atoms with Crippen LogP contribution in [-0.4, -0.2) is 37.0 Å². The van der Waals surface area contributed by atoms with Gasteiger partial charge in [-0.25, -0.2) is 0 Å². The highest BCUT2D eigenvalue weighted by Gasteiger charge is 2.17. The fourth-order valence-electron chi connectivity index (χ4n) is 2.28. The number of carbonyl (C=O) groups excluding carboxylic acids is 1. The summed E-state index contributed by atoms with van der Waals surface area (Å²) in [4.78, 5) is 14.0. The molecule has 0 saturated carbocycles. The maximum absolute atomic E-state index is 11.9. The molecule has 0 bridgehead atoms. The van der Waals surface area contributed by atoms with Crippen molar-refractivity contribution in [1.29, 1.82) is 0 Å². The van der Waals surface area contributed by atoms with Crippen LogP contribution in [0, 0.1) is 0 Å². The molecular weight excluding hydrogens is 188 g/mol. The Balaban J connectivity index is 1.82. The molecule has 2 heterocycles. The predicted octanol–water partition coefficient (Wildman–Crippen LogP) is 1.31. The highest BCUT2D eigenvalue weighted by atomic mass is 16.2. The van der Waals surface area contributed by atoms with Crippen molar-refractivity contribution in [3.05, 3.63) is 11.6 Å². The summed E-state index contributed by atoms with van der Waals surface area (Å²) in [5, 5.41) is 3.30. The molecule has 0 aromatic rings. The van der Waals surface area contributed by atoms with Crippen LogP contribution < -0.4 is 5.32 Å². The van der Waals surface area contributed by atoms with Crippen molar-refractivity contribution in [2.75, 3.05) is 26.2 Å². The van der Waals surface area contributed by atoms with Crippen LogP contribution >= 0.6 is 0 Å². The summed E-state index contributed by atoms with van der Waals surface area (Å²) in [5.74, 6) is 0.324. The molecule has 0 aromatic carbocycles. The van der Waals surface area contributed by atoms with Crippen LogP contribution in [0.15, 0.2) is 11.6 Å². The second kappa shape index (κ2) is 5.31. The van der Waals surface area contributed by atoms with Gasteiger partial charge in [0.05, 0.1) is 0 Å². The van der Waals surface area contributed by atoms with Crippen molar-refractivity contribution >= 4 is 5.91 Å². The maximum Gasteiger partial charge on any atom is 0.226 e. The molecule has 1 amide bonds. The van der Waals surface area contributed by atoms with Gasteiger partial charge in [0.1, 0.15) is 0 Å². The molecule has 3 heteroatoms. The Morgan fingerprint density at radius 2 is 2.13 bits per heavy atom. The summed E-state index contributed by atoms with van der Waals surface area (Å²) in [7, 11) is 0. The summed E-state index contributed by atoms with van der Waals surface area (Å²) in [5.41, 5.74) is 1.27. The first-order chi connectivity index (χ1) is 7.36. The van der Waals surface area contributed by atoms with E-state index in [-0.39, 0.29) is 0 Å². The standard InChI is InChI=1S/C12H20N2O/c15-12(14-7-2-1-3-8-14)9-11-5-4-6-13-10-11/h5,13H,1-4,6-10H2. The summed E-state index contributed by atoms with van der Waals surface area (Å²) < 4.78 is 0. The van der Waals surface area contributed by atoms with Gasteiger partial charge < -0.3 is 10.2 Å². The summed E-state index contributed by atoms with van der Waals surface area (Å²) in [6.45, 7) is 3.90. The van der Waals surface area contributed by atoms with Crippen LogP contribution in [-0.2, 0) is 4.79 Å². The Hall–Kier alpha value is -0.830. The Morgan fingerprint density at radius 1 is 1.33 bits per heavy atom. The summed E-state index contributed by atoms with van der Waals surface area (Å²) in [6.07, 6.45) is 7.58. The lowest BCUT2D eigenvalue weighted by atomic mass is 10.1. The van der Waals surface area contributed by atoms with Gasteiger partial charge in [-0.1, -0.05) is 11.6 Å². The molecule has 0 unspecified atom stereocenters. The van der Waals surface area contributed by atoms with E-state index >= 15 is 0 Å². The number of nitrogens with one attached hydrogen (secondary N) is 1. The van der Waals surface area contributed by atoms with Crippen LogP contribution in [0.25, 0.3) is 0 Å². The molecule has 2 aliphatic rings. The van der Waals surface area contributed by atoms with Gasteiger partial charge in [0.2, 0.25) is 5.91 Å². The van der Waals surface area contributed by atoms with Crippen LogP contribution in [0.5, 0.6) is 0 Å². The number of nitrogens with zero attached hydrogens (tertiary/aromatic N) is 1. The van der Waals surface area contributed by atoms with Crippen LogP contribution in [0.1, 0.15) is 32.1 Å². The number of likely N-dealkylation sites (tertiary alicyclic amines) is 1. The second-order valence-electron chi connectivity index (χ2n) is 4.45. The molecule has 0 radical (unpaired) electrons. The predicted molar refractivity (Wildman–Crippen MR) is 60.6 cm³/mol. The Kier molecular flexibility index (Phi) is 3.78. The zero-order valence-electron chi connectivity index (χ0n) is 9.30. The fraction of sp³-hybridized carbons (Fsp3) is 0.750. The smallest absolute Gasteiger partial charge is 0.226 e. The zero-order chi connectivity index (χ0) is 10.5. The highest BCUT2D eigenvalue weighted by Crippen LogP contribution is 2.13. The van der Waals surface area contributed by atoms with Crippen molar-refractivity contribution in [3.8, 4) is 0 Å². The van der Waals surface area contributed by atoms with E-state index < -0.39 is 0 Å². The zero-order valence-corrected chi connectivity index (χ0v) is 9.30. The molecule has 2 rings (SSSR count). The minimum atomic E-state index is 0.324. The Bertz CT molecular complexity index is 254. The van der Waals surface area contributed by atoms with E-state index in [0.717, 1.165) is 32.6 Å². The first kappa shape index (κ1) is 10.7. The first-order valence-electron chi connectivity index (χ1n) is 6.02. The van der Waals surface area contributed by atoms with Crippen LogP contribution in [0.3, 0.4) is 0 Å². The molecule has 1 N–H and O–H groups in total. The molecular formula is C12H20N2O. The molecule has 15 heavy (non-hydrogen) atoms. The van der Waals surface area contributed by atoms with Crippen molar-refractivity contribution in [3.63, 3.8) is 0 Å². The number of amides is 1. The molecule has 2 aliphatic heterocycles. The Morgan fingerprint density at radius 3 is 2.80 bits per heavy atom. The third-order valence-electron chi connectivity index (χ3n) is 3.19. The molecule has 1 saturated heterocycles. The topological polar surface area (TPSA) is 32.3 Å². The van der Waals surface area contributed by atoms with Gasteiger partial charge >= 0.3 is 0 Å². The number of piperidine rings is 1. The first-order valence-corrected chi connectivity index (χ1v) is 6.02. The normalized spacial score (nSPS) is 22.4. The lowest BCUT2D eigenvalue weighted by Gasteiger charge is -2.27. The van der Waals surface area contributed by atoms with E-state index in [1.54, 1.807) is 0 Å². The highest BCUT2D eigenvalue weighted by molar-refractivity contribution is 5.78. The number of rotatable bonds is 2. The van der Waals surface area contributed by atoms with Gasteiger partial charge in [-0.2, -0.15) is 0 Å². The van der Waals surface area contributed by atoms with Crippen LogP contribution in [0.4, 0.5) is 0 Å². The number of hydrogen-bond acceptors (Lipinski definition) is 2. The fourth-order valence-corrected chi connectivity index (χ4v) is 2.28. The van der Waals surface area contributed by atoms with Crippen molar-refractivity contribution in [2.24, 2.45) is 0 Å². The molecule has 0 aliphatic carbocycles. The average molecular weight is 208 g/mol. The SMILES string of the molecule is O=C(CC1=CCCNC1)N1CCCCC1. The van der Waals surface area contributed by atoms with E-state index in [2.05, 4.69) is 11.4 Å². The monoisotopic (exact) mass is 208 g/mol. The van der Waals surface area contributed by atoms with Gasteiger partial charge in [0.25, 0.3) is 0 Å². The van der Waals surface area contributed by atoms with E-state index in [0.29, 0.717) is 12.3 Å². The summed E-state index contributed by atoms with van der Waals surface area (Å²) >= 11 is 0. The van der Waals surface area contributed by atoms with E-state index in [1.807, 2.05) is 4.90 Å². The minimum Gasteiger partial charge on any atom is -0.342 e.